The summed E-state index contributed by atoms with van der Waals surface area (Å²) < 4.78 is 13.7. The molecule has 0 bridgehead atoms. The molecule has 1 atom stereocenters. The fourth-order valence-corrected chi connectivity index (χ4v) is 5.08. The Bertz CT molecular complexity index is 953. The highest BCUT2D eigenvalue weighted by Crippen LogP contribution is 2.36. The third-order valence-electron chi connectivity index (χ3n) is 6.95. The molecule has 2 saturated heterocycles. The molecule has 0 radical (unpaired) electrons. The predicted molar refractivity (Wildman–Crippen MR) is 129 cm³/mol. The number of benzene rings is 1. The van der Waals surface area contributed by atoms with E-state index in [0.717, 1.165) is 48.8 Å². The second kappa shape index (κ2) is 10.5. The summed E-state index contributed by atoms with van der Waals surface area (Å²) in [7, 11) is 1.99. The van der Waals surface area contributed by atoms with Crippen LogP contribution >= 0.6 is 11.6 Å². The van der Waals surface area contributed by atoms with Gasteiger partial charge in [-0.2, -0.15) is 5.10 Å². The normalized spacial score (nSPS) is 21.9. The van der Waals surface area contributed by atoms with Gasteiger partial charge in [0.25, 0.3) is 0 Å². The Balaban J connectivity index is 1.51. The van der Waals surface area contributed by atoms with Crippen LogP contribution in [0.3, 0.4) is 0 Å². The molecule has 0 aliphatic carbocycles. The zero-order valence-corrected chi connectivity index (χ0v) is 20.7. The van der Waals surface area contributed by atoms with Crippen LogP contribution in [-0.4, -0.2) is 71.5 Å². The summed E-state index contributed by atoms with van der Waals surface area (Å²) in [5, 5.41) is 5.13. The number of likely N-dealkylation sites (tertiary alicyclic amines) is 1. The van der Waals surface area contributed by atoms with E-state index >= 15 is 0 Å². The van der Waals surface area contributed by atoms with Gasteiger partial charge in [0, 0.05) is 50.1 Å². The van der Waals surface area contributed by atoms with Crippen molar-refractivity contribution in [2.45, 2.75) is 39.7 Å². The number of carbonyl (C=O) groups excluding carboxylic acids is 1. The molecule has 0 unspecified atom stereocenters. The average molecular weight is 475 g/mol. The molecule has 2 fully saturated rings. The topological polar surface area (TPSA) is 59.8 Å². The van der Waals surface area contributed by atoms with Crippen molar-refractivity contribution in [3.63, 3.8) is 0 Å². The zero-order valence-electron chi connectivity index (χ0n) is 20.0. The van der Waals surface area contributed by atoms with E-state index in [9.17, 15) is 4.79 Å². The second-order valence-electron chi connectivity index (χ2n) is 9.58. The van der Waals surface area contributed by atoms with Gasteiger partial charge in [0.2, 0.25) is 5.91 Å². The minimum atomic E-state index is -0.242. The number of carbonyl (C=O) groups is 1. The van der Waals surface area contributed by atoms with E-state index in [1.807, 2.05) is 47.9 Å². The smallest absolute Gasteiger partial charge is 0.223 e. The molecular formula is C25H35ClN4O3. The largest absolute Gasteiger partial charge is 0.493 e. The van der Waals surface area contributed by atoms with Crippen LogP contribution in [0.15, 0.2) is 24.4 Å². The quantitative estimate of drug-likeness (QED) is 0.613. The van der Waals surface area contributed by atoms with Crippen molar-refractivity contribution in [1.82, 2.24) is 19.6 Å². The molecule has 8 heteroatoms. The number of rotatable bonds is 7. The number of hydrogen-bond donors (Lipinski definition) is 0. The molecule has 1 aromatic carbocycles. The molecule has 1 aromatic heterocycles. The molecule has 4 rings (SSSR count). The van der Waals surface area contributed by atoms with E-state index in [4.69, 9.17) is 21.1 Å². The van der Waals surface area contributed by atoms with Crippen LogP contribution in [0.1, 0.15) is 36.1 Å². The van der Waals surface area contributed by atoms with E-state index in [1.165, 1.54) is 11.3 Å². The Kier molecular flexibility index (Phi) is 7.62. The van der Waals surface area contributed by atoms with Crippen molar-refractivity contribution in [2.24, 2.45) is 12.5 Å². The van der Waals surface area contributed by atoms with Gasteiger partial charge >= 0.3 is 0 Å². The molecule has 2 aliphatic heterocycles. The lowest BCUT2D eigenvalue weighted by atomic mass is 9.77. The molecule has 2 aliphatic rings. The second-order valence-corrected chi connectivity index (χ2v) is 9.99. The Hall–Kier alpha value is -2.09. The number of piperidine rings is 1. The first-order valence-corrected chi connectivity index (χ1v) is 12.2. The van der Waals surface area contributed by atoms with Crippen LogP contribution in [0, 0.1) is 19.3 Å². The fraction of sp³-hybridized carbons (Fsp3) is 0.600. The van der Waals surface area contributed by atoms with E-state index in [2.05, 4.69) is 16.9 Å². The lowest BCUT2D eigenvalue weighted by Crippen LogP contribution is -2.50. The molecule has 1 amide bonds. The number of halogens is 1. The summed E-state index contributed by atoms with van der Waals surface area (Å²) in [6, 6.07) is 5.75. The van der Waals surface area contributed by atoms with Gasteiger partial charge in [-0.3, -0.25) is 14.4 Å². The number of hydrogen-bond acceptors (Lipinski definition) is 5. The summed E-state index contributed by atoms with van der Waals surface area (Å²) >= 11 is 6.19. The molecule has 7 nitrogen and oxygen atoms in total. The lowest BCUT2D eigenvalue weighted by molar-refractivity contribution is -0.139. The van der Waals surface area contributed by atoms with Gasteiger partial charge in [-0.1, -0.05) is 11.6 Å². The van der Waals surface area contributed by atoms with Gasteiger partial charge in [0.15, 0.2) is 0 Å². The van der Waals surface area contributed by atoms with Gasteiger partial charge in [0.05, 0.1) is 31.7 Å². The average Bonchev–Trinajstić information content (AvgIpc) is 3.13. The monoisotopic (exact) mass is 474 g/mol. The van der Waals surface area contributed by atoms with Gasteiger partial charge in [-0.15, -0.1) is 0 Å². The lowest BCUT2D eigenvalue weighted by Gasteiger charge is -2.43. The molecular weight excluding hydrogens is 440 g/mol. The van der Waals surface area contributed by atoms with Crippen LogP contribution in [-0.2, 0) is 23.1 Å². The summed E-state index contributed by atoms with van der Waals surface area (Å²) in [5.41, 5.74) is 3.17. The highest BCUT2D eigenvalue weighted by Gasteiger charge is 2.40. The third-order valence-corrected chi connectivity index (χ3v) is 7.37. The zero-order chi connectivity index (χ0) is 23.4. The minimum Gasteiger partial charge on any atom is -0.493 e. The molecule has 2 aromatic rings. The van der Waals surface area contributed by atoms with Crippen molar-refractivity contribution in [2.75, 3.05) is 46.0 Å². The van der Waals surface area contributed by atoms with Crippen LogP contribution in [0.4, 0.5) is 0 Å². The maximum Gasteiger partial charge on any atom is 0.223 e. The van der Waals surface area contributed by atoms with Crippen LogP contribution in [0.25, 0.3) is 0 Å². The third kappa shape index (κ3) is 5.89. The van der Waals surface area contributed by atoms with Crippen molar-refractivity contribution in [3.8, 4) is 5.75 Å². The van der Waals surface area contributed by atoms with Crippen molar-refractivity contribution >= 4 is 17.5 Å². The Morgan fingerprint density at radius 2 is 2.00 bits per heavy atom. The Labute approximate surface area is 201 Å². The maximum absolute atomic E-state index is 13.3. The fourth-order valence-electron chi connectivity index (χ4n) is 4.96. The van der Waals surface area contributed by atoms with E-state index in [1.54, 1.807) is 0 Å². The van der Waals surface area contributed by atoms with Gasteiger partial charge < -0.3 is 14.4 Å². The summed E-state index contributed by atoms with van der Waals surface area (Å²) in [5.74, 6) is 1.00. The van der Waals surface area contributed by atoms with E-state index in [0.29, 0.717) is 39.3 Å². The number of nitrogens with zero attached hydrogens (tertiary/aromatic N) is 4. The molecule has 0 N–H and O–H groups in total. The molecule has 180 valence electrons. The van der Waals surface area contributed by atoms with Crippen molar-refractivity contribution in [3.05, 3.63) is 46.2 Å². The van der Waals surface area contributed by atoms with Crippen molar-refractivity contribution in [1.29, 1.82) is 0 Å². The first kappa shape index (κ1) is 24.0. The number of aromatic nitrogens is 2. The van der Waals surface area contributed by atoms with E-state index < -0.39 is 0 Å². The maximum atomic E-state index is 13.3. The van der Waals surface area contributed by atoms with Gasteiger partial charge in [0.1, 0.15) is 5.75 Å². The number of ether oxygens (including phenoxy) is 2. The predicted octanol–water partition coefficient (Wildman–Crippen LogP) is 3.60. The van der Waals surface area contributed by atoms with Crippen LogP contribution in [0.5, 0.6) is 5.75 Å². The number of morpholine rings is 1. The van der Waals surface area contributed by atoms with Crippen LogP contribution < -0.4 is 4.74 Å². The summed E-state index contributed by atoms with van der Waals surface area (Å²) in [4.78, 5) is 17.7. The van der Waals surface area contributed by atoms with Crippen LogP contribution in [0.2, 0.25) is 5.02 Å². The standard InChI is InChI=1S/C25H35ClN4O3/c1-19-13-21(5-6-22(19)26)33-18-25(14-24(31)30-9-11-32-12-10-30)7-4-8-29(17-25)16-23-20(2)15-27-28(23)3/h5-6,13,15H,4,7-12,14,16-18H2,1-3H3/t25-/m1/s1. The number of aryl methyl sites for hydroxylation is 3. The number of amides is 1. The highest BCUT2D eigenvalue weighted by molar-refractivity contribution is 6.31. The summed E-state index contributed by atoms with van der Waals surface area (Å²) in [6.07, 6.45) is 4.41. The first-order valence-electron chi connectivity index (χ1n) is 11.8. The highest BCUT2D eigenvalue weighted by atomic mass is 35.5. The SMILES string of the molecule is Cc1cc(OC[C@@]2(CC(=O)N3CCOCC3)CCCN(Cc3c(C)cnn3C)C2)ccc1Cl. The Morgan fingerprint density at radius 3 is 2.70 bits per heavy atom. The first-order chi connectivity index (χ1) is 15.8. The minimum absolute atomic E-state index is 0.202. The molecule has 3 heterocycles. The Morgan fingerprint density at radius 1 is 1.21 bits per heavy atom. The van der Waals surface area contributed by atoms with Gasteiger partial charge in [-0.05, 0) is 62.6 Å². The van der Waals surface area contributed by atoms with E-state index in [-0.39, 0.29) is 11.3 Å². The van der Waals surface area contributed by atoms with Gasteiger partial charge in [-0.25, -0.2) is 0 Å². The molecule has 33 heavy (non-hydrogen) atoms. The summed E-state index contributed by atoms with van der Waals surface area (Å²) in [6.45, 7) is 9.82. The molecule has 0 saturated carbocycles. The van der Waals surface area contributed by atoms with Crippen molar-refractivity contribution < 1.29 is 14.3 Å². The molecule has 0 spiro atoms.